The van der Waals surface area contributed by atoms with Gasteiger partial charge in [-0.05, 0) is 42.0 Å². The van der Waals surface area contributed by atoms with E-state index in [4.69, 9.17) is 0 Å². The molecule has 2 heterocycles. The first kappa shape index (κ1) is 11.7. The second-order valence-corrected chi connectivity index (χ2v) is 5.69. The molecule has 0 unspecified atom stereocenters. The van der Waals surface area contributed by atoms with Gasteiger partial charge in [-0.2, -0.15) is 0 Å². The van der Waals surface area contributed by atoms with Crippen molar-refractivity contribution in [2.24, 2.45) is 0 Å². The van der Waals surface area contributed by atoms with E-state index < -0.39 is 0 Å². The first-order valence-electron chi connectivity index (χ1n) is 7.31. The molecular weight excluding hydrogens is 246 g/mol. The number of carbonyl (C=O) groups is 1. The molecule has 0 spiro atoms. The number of benzene rings is 2. The van der Waals surface area contributed by atoms with Gasteiger partial charge < -0.3 is 4.90 Å². The predicted molar refractivity (Wildman–Crippen MR) is 78.7 cm³/mol. The second-order valence-electron chi connectivity index (χ2n) is 5.69. The summed E-state index contributed by atoms with van der Waals surface area (Å²) < 4.78 is 0. The summed E-state index contributed by atoms with van der Waals surface area (Å²) in [5, 5.41) is 0. The molecule has 2 aliphatic heterocycles. The molecule has 2 heteroatoms. The molecule has 0 aromatic heterocycles. The minimum Gasteiger partial charge on any atom is -0.332 e. The molecule has 0 N–H and O–H groups in total. The van der Waals surface area contributed by atoms with Crippen LogP contribution in [0.2, 0.25) is 0 Å². The molecule has 1 saturated heterocycles. The monoisotopic (exact) mass is 263 g/mol. The molecule has 2 nitrogen and oxygen atoms in total. The fourth-order valence-electron chi connectivity index (χ4n) is 3.60. The highest BCUT2D eigenvalue weighted by Crippen LogP contribution is 2.37. The smallest absolute Gasteiger partial charge is 0.254 e. The van der Waals surface area contributed by atoms with Gasteiger partial charge in [-0.15, -0.1) is 0 Å². The van der Waals surface area contributed by atoms with E-state index in [1.165, 1.54) is 11.1 Å². The fourth-order valence-corrected chi connectivity index (χ4v) is 3.60. The largest absolute Gasteiger partial charge is 0.332 e. The number of hydrogen-bond acceptors (Lipinski definition) is 1. The van der Waals surface area contributed by atoms with E-state index >= 15 is 0 Å². The van der Waals surface area contributed by atoms with Crippen LogP contribution in [-0.2, 0) is 6.42 Å². The van der Waals surface area contributed by atoms with Crippen molar-refractivity contribution in [2.75, 3.05) is 6.54 Å². The molecule has 1 amide bonds. The lowest BCUT2D eigenvalue weighted by atomic mass is 9.89. The molecule has 0 radical (unpaired) electrons. The maximum absolute atomic E-state index is 12.8. The van der Waals surface area contributed by atoms with E-state index in [2.05, 4.69) is 35.2 Å². The molecule has 0 saturated carbocycles. The van der Waals surface area contributed by atoms with Crippen LogP contribution in [0.3, 0.4) is 0 Å². The summed E-state index contributed by atoms with van der Waals surface area (Å²) in [5.41, 5.74) is 4.74. The highest BCUT2D eigenvalue weighted by molar-refractivity contribution is 5.96. The lowest BCUT2D eigenvalue weighted by Gasteiger charge is -2.30. The van der Waals surface area contributed by atoms with Crippen LogP contribution in [0.1, 0.15) is 45.9 Å². The van der Waals surface area contributed by atoms with Crippen LogP contribution in [0.25, 0.3) is 0 Å². The van der Waals surface area contributed by atoms with Gasteiger partial charge in [0.15, 0.2) is 0 Å². The summed E-state index contributed by atoms with van der Waals surface area (Å²) in [6, 6.07) is 16.9. The van der Waals surface area contributed by atoms with Crippen molar-refractivity contribution in [1.82, 2.24) is 4.90 Å². The average molecular weight is 263 g/mol. The van der Waals surface area contributed by atoms with Crippen molar-refractivity contribution in [2.45, 2.75) is 25.3 Å². The Kier molecular flexibility index (Phi) is 2.62. The SMILES string of the molecule is O=C1c2ccccc2Cc2ccccc2[C@H]2CCCN12. The quantitative estimate of drug-likeness (QED) is 0.711. The molecule has 2 aliphatic rings. The van der Waals surface area contributed by atoms with Gasteiger partial charge in [0.2, 0.25) is 0 Å². The Balaban J connectivity index is 1.94. The lowest BCUT2D eigenvalue weighted by Crippen LogP contribution is -2.33. The third kappa shape index (κ3) is 1.68. The van der Waals surface area contributed by atoms with E-state index in [0.717, 1.165) is 36.9 Å². The van der Waals surface area contributed by atoms with Gasteiger partial charge in [-0.3, -0.25) is 4.79 Å². The van der Waals surface area contributed by atoms with E-state index in [1.54, 1.807) is 0 Å². The fraction of sp³-hybridized carbons (Fsp3) is 0.278. The minimum absolute atomic E-state index is 0.206. The number of rotatable bonds is 0. The molecule has 0 aliphatic carbocycles. The zero-order valence-electron chi connectivity index (χ0n) is 11.4. The van der Waals surface area contributed by atoms with Crippen LogP contribution in [0.5, 0.6) is 0 Å². The van der Waals surface area contributed by atoms with Gasteiger partial charge in [-0.25, -0.2) is 0 Å². The average Bonchev–Trinajstić information content (AvgIpc) is 2.95. The van der Waals surface area contributed by atoms with Gasteiger partial charge in [0.05, 0.1) is 6.04 Å². The molecule has 2 aromatic carbocycles. The Labute approximate surface area is 119 Å². The second kappa shape index (κ2) is 4.48. The van der Waals surface area contributed by atoms with Crippen molar-refractivity contribution in [1.29, 1.82) is 0 Å². The van der Waals surface area contributed by atoms with Crippen molar-refractivity contribution in [3.63, 3.8) is 0 Å². The minimum atomic E-state index is 0.206. The number of amides is 1. The van der Waals surface area contributed by atoms with Gasteiger partial charge in [0.25, 0.3) is 5.91 Å². The number of carbonyl (C=O) groups excluding carboxylic acids is 1. The van der Waals surface area contributed by atoms with Crippen molar-refractivity contribution in [3.8, 4) is 0 Å². The van der Waals surface area contributed by atoms with Crippen LogP contribution >= 0.6 is 0 Å². The Hall–Kier alpha value is -2.09. The Morgan fingerprint density at radius 1 is 0.950 bits per heavy atom. The van der Waals surface area contributed by atoms with Gasteiger partial charge in [0, 0.05) is 12.1 Å². The van der Waals surface area contributed by atoms with Crippen LogP contribution in [0.4, 0.5) is 0 Å². The summed E-state index contributed by atoms with van der Waals surface area (Å²) in [5.74, 6) is 0.206. The van der Waals surface area contributed by atoms with Crippen LogP contribution < -0.4 is 0 Å². The molecule has 4 rings (SSSR count). The van der Waals surface area contributed by atoms with E-state index in [-0.39, 0.29) is 11.9 Å². The summed E-state index contributed by atoms with van der Waals surface area (Å²) >= 11 is 0. The lowest BCUT2D eigenvalue weighted by molar-refractivity contribution is 0.0732. The van der Waals surface area contributed by atoms with Crippen molar-refractivity contribution < 1.29 is 4.79 Å². The molecule has 1 atom stereocenters. The number of fused-ring (bicyclic) bond motifs is 4. The first-order chi connectivity index (χ1) is 9.84. The molecular formula is C18H17NO. The third-order valence-electron chi connectivity index (χ3n) is 4.56. The Bertz CT molecular complexity index is 677. The van der Waals surface area contributed by atoms with E-state index in [0.29, 0.717) is 0 Å². The van der Waals surface area contributed by atoms with Crippen molar-refractivity contribution in [3.05, 3.63) is 70.8 Å². The van der Waals surface area contributed by atoms with E-state index in [9.17, 15) is 4.79 Å². The van der Waals surface area contributed by atoms with Gasteiger partial charge >= 0.3 is 0 Å². The summed E-state index contributed by atoms with van der Waals surface area (Å²) in [6.07, 6.45) is 3.06. The predicted octanol–water partition coefficient (Wildman–Crippen LogP) is 3.57. The Morgan fingerprint density at radius 3 is 2.60 bits per heavy atom. The normalized spacial score (nSPS) is 20.7. The standard InChI is InChI=1S/C18H17NO/c20-18-16-9-4-2-7-14(16)12-13-6-1-3-8-15(13)17-10-5-11-19(17)18/h1-4,6-9,17H,5,10-12H2/t17-/m1/s1. The van der Waals surface area contributed by atoms with E-state index in [1.807, 2.05) is 18.2 Å². The van der Waals surface area contributed by atoms with Gasteiger partial charge in [-0.1, -0.05) is 42.5 Å². The summed E-state index contributed by atoms with van der Waals surface area (Å²) in [4.78, 5) is 14.9. The summed E-state index contributed by atoms with van der Waals surface area (Å²) in [7, 11) is 0. The highest BCUT2D eigenvalue weighted by atomic mass is 16.2. The zero-order valence-corrected chi connectivity index (χ0v) is 11.4. The highest BCUT2D eigenvalue weighted by Gasteiger charge is 2.34. The third-order valence-corrected chi connectivity index (χ3v) is 4.56. The number of nitrogens with zero attached hydrogens (tertiary/aromatic N) is 1. The molecule has 20 heavy (non-hydrogen) atoms. The molecule has 1 fully saturated rings. The van der Waals surface area contributed by atoms with Gasteiger partial charge in [0.1, 0.15) is 0 Å². The summed E-state index contributed by atoms with van der Waals surface area (Å²) in [6.45, 7) is 0.881. The first-order valence-corrected chi connectivity index (χ1v) is 7.31. The van der Waals surface area contributed by atoms with Crippen LogP contribution in [0.15, 0.2) is 48.5 Å². The maximum Gasteiger partial charge on any atom is 0.254 e. The van der Waals surface area contributed by atoms with Crippen LogP contribution in [-0.4, -0.2) is 17.4 Å². The maximum atomic E-state index is 12.8. The molecule has 0 bridgehead atoms. The molecule has 2 aromatic rings. The number of hydrogen-bond donors (Lipinski definition) is 0. The Morgan fingerprint density at radius 2 is 1.70 bits per heavy atom. The zero-order chi connectivity index (χ0) is 13.5. The topological polar surface area (TPSA) is 20.3 Å². The van der Waals surface area contributed by atoms with Crippen LogP contribution in [0, 0.1) is 0 Å². The molecule has 100 valence electrons. The van der Waals surface area contributed by atoms with Crippen molar-refractivity contribution >= 4 is 5.91 Å².